The van der Waals surface area contributed by atoms with Crippen LogP contribution in [0.15, 0.2) is 53.4 Å². The Kier molecular flexibility index (Phi) is 1.56. The molecule has 17 heavy (non-hydrogen) atoms. The highest BCUT2D eigenvalue weighted by molar-refractivity contribution is 6.15. The number of aromatic nitrogens is 2. The topological polar surface area (TPSA) is 38.9 Å². The second kappa shape index (κ2) is 3.04. The fraction of sp³-hybridized carbons (Fsp3) is 0. The average molecular weight is 220 g/mol. The Hall–Kier alpha value is -2.42. The van der Waals surface area contributed by atoms with E-state index in [1.54, 1.807) is 6.20 Å². The number of nitrogens with zero attached hydrogens (tertiary/aromatic N) is 2. The van der Waals surface area contributed by atoms with Crippen molar-refractivity contribution in [3.05, 3.63) is 48.9 Å². The molecule has 0 aliphatic carbocycles. The van der Waals surface area contributed by atoms with E-state index in [9.17, 15) is 0 Å². The van der Waals surface area contributed by atoms with Crippen LogP contribution in [0.3, 0.4) is 0 Å². The van der Waals surface area contributed by atoms with Gasteiger partial charge in [-0.3, -0.25) is 4.98 Å². The molecule has 0 aliphatic rings. The van der Waals surface area contributed by atoms with Crippen molar-refractivity contribution in [2.45, 2.75) is 0 Å². The van der Waals surface area contributed by atoms with E-state index in [-0.39, 0.29) is 0 Å². The quantitative estimate of drug-likeness (QED) is 0.425. The van der Waals surface area contributed by atoms with Gasteiger partial charge >= 0.3 is 0 Å². The monoisotopic (exact) mass is 220 g/mol. The zero-order valence-corrected chi connectivity index (χ0v) is 8.92. The summed E-state index contributed by atoms with van der Waals surface area (Å²) in [5.74, 6) is 0. The lowest BCUT2D eigenvalue weighted by atomic mass is 10.0. The van der Waals surface area contributed by atoms with E-state index in [1.807, 2.05) is 18.5 Å². The van der Waals surface area contributed by atoms with Crippen molar-refractivity contribution in [3.63, 3.8) is 0 Å². The van der Waals surface area contributed by atoms with Crippen molar-refractivity contribution in [1.29, 1.82) is 0 Å². The second-order valence-electron chi connectivity index (χ2n) is 4.07. The first kappa shape index (κ1) is 8.70. The van der Waals surface area contributed by atoms with E-state index >= 15 is 0 Å². The zero-order chi connectivity index (χ0) is 11.2. The van der Waals surface area contributed by atoms with Crippen molar-refractivity contribution in [2.75, 3.05) is 0 Å². The standard InChI is InChI=1S/C14H8N2O/c1-3-11-12(14-9(1)5-6-16-17-14)4-2-10-7-15-8-13(10)11/h1-8H. The fourth-order valence-electron chi connectivity index (χ4n) is 2.31. The molecule has 0 aliphatic heterocycles. The Bertz CT molecular complexity index is 848. The molecule has 80 valence electrons. The minimum absolute atomic E-state index is 0.827. The summed E-state index contributed by atoms with van der Waals surface area (Å²) in [5.41, 5.74) is 0.827. The molecule has 0 atom stereocenters. The largest absolute Gasteiger partial charge is 0.356 e. The van der Waals surface area contributed by atoms with E-state index in [0.717, 1.165) is 32.5 Å². The molecule has 0 saturated carbocycles. The van der Waals surface area contributed by atoms with Crippen LogP contribution in [-0.4, -0.2) is 10.1 Å². The molecule has 0 radical (unpaired) electrons. The van der Waals surface area contributed by atoms with Gasteiger partial charge in [0.15, 0.2) is 5.58 Å². The van der Waals surface area contributed by atoms with Gasteiger partial charge in [-0.1, -0.05) is 23.4 Å². The maximum atomic E-state index is 5.38. The van der Waals surface area contributed by atoms with Gasteiger partial charge in [0.1, 0.15) is 0 Å². The summed E-state index contributed by atoms with van der Waals surface area (Å²) >= 11 is 0. The highest BCUT2D eigenvalue weighted by Crippen LogP contribution is 2.30. The van der Waals surface area contributed by atoms with Crippen LogP contribution in [0.1, 0.15) is 0 Å². The van der Waals surface area contributed by atoms with Gasteiger partial charge in [-0.25, -0.2) is 0 Å². The van der Waals surface area contributed by atoms with Crippen LogP contribution in [-0.2, 0) is 0 Å². The van der Waals surface area contributed by atoms with Gasteiger partial charge in [0.05, 0.1) is 6.20 Å². The highest BCUT2D eigenvalue weighted by Gasteiger charge is 2.06. The Labute approximate surface area is 96.7 Å². The van der Waals surface area contributed by atoms with E-state index in [4.69, 9.17) is 4.52 Å². The van der Waals surface area contributed by atoms with Crippen molar-refractivity contribution >= 4 is 32.5 Å². The highest BCUT2D eigenvalue weighted by atomic mass is 16.5. The molecule has 3 nitrogen and oxygen atoms in total. The normalized spacial score (nSPS) is 11.5. The number of hydrogen-bond donors (Lipinski definition) is 0. The van der Waals surface area contributed by atoms with Crippen LogP contribution in [0.4, 0.5) is 0 Å². The summed E-state index contributed by atoms with van der Waals surface area (Å²) in [6, 6.07) is 10.2. The third kappa shape index (κ3) is 1.11. The minimum Gasteiger partial charge on any atom is -0.356 e. The third-order valence-corrected chi connectivity index (χ3v) is 3.13. The Morgan fingerprint density at radius 3 is 2.65 bits per heavy atom. The summed E-state index contributed by atoms with van der Waals surface area (Å²) in [7, 11) is 0. The molecule has 0 bridgehead atoms. The minimum atomic E-state index is 0.827. The van der Waals surface area contributed by atoms with Gasteiger partial charge in [0.25, 0.3) is 0 Å². The number of benzene rings is 2. The smallest absolute Gasteiger partial charge is 0.173 e. The van der Waals surface area contributed by atoms with Gasteiger partial charge in [-0.05, 0) is 17.5 Å². The SMILES string of the molecule is c1cc2ccc3c4cncc4ccc3c2on1. The second-order valence-corrected chi connectivity index (χ2v) is 4.07. The van der Waals surface area contributed by atoms with Crippen molar-refractivity contribution in [3.8, 4) is 0 Å². The lowest BCUT2D eigenvalue weighted by Gasteiger charge is -2.02. The van der Waals surface area contributed by atoms with Gasteiger partial charge in [0.2, 0.25) is 0 Å². The molecular formula is C14H8N2O. The molecule has 2 aromatic heterocycles. The van der Waals surface area contributed by atoms with Gasteiger partial charge in [-0.15, -0.1) is 0 Å². The molecule has 0 spiro atoms. The lowest BCUT2D eigenvalue weighted by Crippen LogP contribution is -1.79. The Morgan fingerprint density at radius 1 is 0.765 bits per heavy atom. The number of hydrogen-bond acceptors (Lipinski definition) is 3. The van der Waals surface area contributed by atoms with E-state index in [1.165, 1.54) is 0 Å². The van der Waals surface area contributed by atoms with E-state index < -0.39 is 0 Å². The first-order chi connectivity index (χ1) is 8.43. The summed E-state index contributed by atoms with van der Waals surface area (Å²) < 4.78 is 5.38. The van der Waals surface area contributed by atoms with Gasteiger partial charge in [-0.2, -0.15) is 0 Å². The first-order valence-corrected chi connectivity index (χ1v) is 5.43. The molecule has 2 aromatic carbocycles. The molecule has 3 heteroatoms. The number of fused-ring (bicyclic) bond motifs is 5. The van der Waals surface area contributed by atoms with Crippen molar-refractivity contribution in [2.24, 2.45) is 0 Å². The molecule has 0 saturated heterocycles. The van der Waals surface area contributed by atoms with Gasteiger partial charge in [0, 0.05) is 33.9 Å². The summed E-state index contributed by atoms with van der Waals surface area (Å²) in [4.78, 5) is 4.19. The van der Waals surface area contributed by atoms with Crippen LogP contribution in [0, 0.1) is 0 Å². The maximum Gasteiger partial charge on any atom is 0.173 e. The predicted molar refractivity (Wildman–Crippen MR) is 66.8 cm³/mol. The Morgan fingerprint density at radius 2 is 1.65 bits per heavy atom. The molecule has 0 N–H and O–H groups in total. The Balaban J connectivity index is 2.34. The first-order valence-electron chi connectivity index (χ1n) is 5.43. The molecule has 2 heterocycles. The van der Waals surface area contributed by atoms with Crippen LogP contribution < -0.4 is 0 Å². The molecule has 0 amide bonds. The zero-order valence-electron chi connectivity index (χ0n) is 8.92. The molecule has 0 fully saturated rings. The fourth-order valence-corrected chi connectivity index (χ4v) is 2.31. The van der Waals surface area contributed by atoms with Crippen LogP contribution in [0.5, 0.6) is 0 Å². The van der Waals surface area contributed by atoms with Crippen molar-refractivity contribution < 1.29 is 4.52 Å². The predicted octanol–water partition coefficient (Wildman–Crippen LogP) is 3.53. The third-order valence-electron chi connectivity index (χ3n) is 3.13. The number of rotatable bonds is 0. The average Bonchev–Trinajstić information content (AvgIpc) is 2.86. The molecule has 4 aromatic rings. The lowest BCUT2D eigenvalue weighted by molar-refractivity contribution is 0.444. The maximum absolute atomic E-state index is 5.38. The summed E-state index contributed by atoms with van der Waals surface area (Å²) in [5, 5.41) is 9.45. The van der Waals surface area contributed by atoms with E-state index in [2.05, 4.69) is 34.4 Å². The molecule has 4 rings (SSSR count). The molecular weight excluding hydrogens is 212 g/mol. The van der Waals surface area contributed by atoms with Gasteiger partial charge < -0.3 is 4.52 Å². The summed E-state index contributed by atoms with van der Waals surface area (Å²) in [6.07, 6.45) is 5.43. The van der Waals surface area contributed by atoms with E-state index in [0.29, 0.717) is 0 Å². The van der Waals surface area contributed by atoms with Crippen LogP contribution in [0.25, 0.3) is 32.5 Å². The molecule has 0 unspecified atom stereocenters. The van der Waals surface area contributed by atoms with Crippen LogP contribution >= 0.6 is 0 Å². The summed E-state index contributed by atoms with van der Waals surface area (Å²) in [6.45, 7) is 0. The van der Waals surface area contributed by atoms with Crippen molar-refractivity contribution in [1.82, 2.24) is 10.1 Å². The van der Waals surface area contributed by atoms with Crippen LogP contribution in [0.2, 0.25) is 0 Å².